The summed E-state index contributed by atoms with van der Waals surface area (Å²) in [5, 5.41) is 2.52. The highest BCUT2D eigenvalue weighted by Crippen LogP contribution is 2.26. The fourth-order valence-corrected chi connectivity index (χ4v) is 3.47. The van der Waals surface area contributed by atoms with Gasteiger partial charge in [0.05, 0.1) is 11.0 Å². The Morgan fingerprint density at radius 2 is 1.62 bits per heavy atom. The van der Waals surface area contributed by atoms with E-state index in [-0.39, 0.29) is 0 Å². The molecule has 0 saturated carbocycles. The zero-order valence-corrected chi connectivity index (χ0v) is 14.2. The van der Waals surface area contributed by atoms with Crippen LogP contribution in [-0.4, -0.2) is 14.5 Å². The SMILES string of the molecule is c1cncc(-c2nc3ccccc3n2Cc2ccc3ccccc3c2)c1. The molecule has 5 rings (SSSR count). The van der Waals surface area contributed by atoms with E-state index in [0.29, 0.717) is 0 Å². The van der Waals surface area contributed by atoms with Crippen LogP contribution in [0.2, 0.25) is 0 Å². The molecule has 0 amide bonds. The Morgan fingerprint density at radius 3 is 2.50 bits per heavy atom. The summed E-state index contributed by atoms with van der Waals surface area (Å²) in [6.07, 6.45) is 3.66. The number of para-hydroxylation sites is 2. The molecule has 0 N–H and O–H groups in total. The second kappa shape index (κ2) is 6.12. The van der Waals surface area contributed by atoms with Crippen molar-refractivity contribution < 1.29 is 0 Å². The van der Waals surface area contributed by atoms with Crippen molar-refractivity contribution in [2.24, 2.45) is 0 Å². The maximum Gasteiger partial charge on any atom is 0.143 e. The van der Waals surface area contributed by atoms with Crippen LogP contribution >= 0.6 is 0 Å². The van der Waals surface area contributed by atoms with Crippen LogP contribution in [0.4, 0.5) is 0 Å². The van der Waals surface area contributed by atoms with Gasteiger partial charge in [-0.1, -0.05) is 48.5 Å². The van der Waals surface area contributed by atoms with Crippen molar-refractivity contribution in [3.8, 4) is 11.4 Å². The molecule has 0 fully saturated rings. The average molecular weight is 335 g/mol. The van der Waals surface area contributed by atoms with Gasteiger partial charge < -0.3 is 4.57 Å². The molecular weight excluding hydrogens is 318 g/mol. The number of fused-ring (bicyclic) bond motifs is 2. The highest BCUT2D eigenvalue weighted by atomic mass is 15.1. The lowest BCUT2D eigenvalue weighted by Crippen LogP contribution is -2.02. The maximum absolute atomic E-state index is 4.86. The largest absolute Gasteiger partial charge is 0.319 e. The highest BCUT2D eigenvalue weighted by Gasteiger charge is 2.13. The van der Waals surface area contributed by atoms with Gasteiger partial charge in [0.2, 0.25) is 0 Å². The second-order valence-corrected chi connectivity index (χ2v) is 6.43. The van der Waals surface area contributed by atoms with Crippen LogP contribution in [-0.2, 0) is 6.54 Å². The lowest BCUT2D eigenvalue weighted by molar-refractivity contribution is 0.835. The van der Waals surface area contributed by atoms with Gasteiger partial charge >= 0.3 is 0 Å². The van der Waals surface area contributed by atoms with E-state index in [0.717, 1.165) is 29.0 Å². The minimum atomic E-state index is 0.773. The molecule has 5 aromatic rings. The molecule has 0 spiro atoms. The van der Waals surface area contributed by atoms with E-state index in [2.05, 4.69) is 76.3 Å². The molecule has 0 aliphatic carbocycles. The summed E-state index contributed by atoms with van der Waals surface area (Å²) in [5.41, 5.74) is 4.44. The summed E-state index contributed by atoms with van der Waals surface area (Å²) in [5.74, 6) is 0.951. The maximum atomic E-state index is 4.86. The third-order valence-corrected chi connectivity index (χ3v) is 4.73. The summed E-state index contributed by atoms with van der Waals surface area (Å²) in [6.45, 7) is 0.773. The van der Waals surface area contributed by atoms with E-state index in [1.165, 1.54) is 16.3 Å². The number of hydrogen-bond acceptors (Lipinski definition) is 2. The highest BCUT2D eigenvalue weighted by molar-refractivity contribution is 5.83. The smallest absolute Gasteiger partial charge is 0.143 e. The van der Waals surface area contributed by atoms with Gasteiger partial charge in [-0.25, -0.2) is 4.98 Å². The van der Waals surface area contributed by atoms with Crippen LogP contribution < -0.4 is 0 Å². The number of aromatic nitrogens is 3. The van der Waals surface area contributed by atoms with Crippen molar-refractivity contribution in [3.05, 3.63) is 96.8 Å². The number of nitrogens with zero attached hydrogens (tertiary/aromatic N) is 3. The molecule has 3 aromatic carbocycles. The zero-order chi connectivity index (χ0) is 17.3. The molecule has 0 bridgehead atoms. The van der Waals surface area contributed by atoms with Gasteiger partial charge in [0.25, 0.3) is 0 Å². The Hall–Kier alpha value is -3.46. The van der Waals surface area contributed by atoms with Gasteiger partial charge in [0.1, 0.15) is 5.82 Å². The lowest BCUT2D eigenvalue weighted by Gasteiger charge is -2.10. The van der Waals surface area contributed by atoms with Gasteiger partial charge in [-0.15, -0.1) is 0 Å². The van der Waals surface area contributed by atoms with Crippen LogP contribution in [0, 0.1) is 0 Å². The number of hydrogen-bond donors (Lipinski definition) is 0. The summed E-state index contributed by atoms with van der Waals surface area (Å²) in [6, 6.07) is 27.4. The van der Waals surface area contributed by atoms with Gasteiger partial charge in [-0.05, 0) is 46.7 Å². The normalized spacial score (nSPS) is 11.2. The molecule has 0 radical (unpaired) electrons. The molecule has 2 aromatic heterocycles. The Kier molecular flexibility index (Phi) is 3.49. The lowest BCUT2D eigenvalue weighted by atomic mass is 10.1. The third-order valence-electron chi connectivity index (χ3n) is 4.73. The molecule has 2 heterocycles. The zero-order valence-electron chi connectivity index (χ0n) is 14.2. The number of imidazole rings is 1. The van der Waals surface area contributed by atoms with Crippen molar-refractivity contribution in [2.45, 2.75) is 6.54 Å². The number of benzene rings is 3. The summed E-state index contributed by atoms with van der Waals surface area (Å²) >= 11 is 0. The van der Waals surface area contributed by atoms with Crippen LogP contribution in [0.15, 0.2) is 91.3 Å². The van der Waals surface area contributed by atoms with Crippen LogP contribution in [0.25, 0.3) is 33.2 Å². The summed E-state index contributed by atoms with van der Waals surface area (Å²) < 4.78 is 2.27. The van der Waals surface area contributed by atoms with Gasteiger partial charge in [0.15, 0.2) is 0 Å². The van der Waals surface area contributed by atoms with Crippen molar-refractivity contribution in [1.82, 2.24) is 14.5 Å². The van der Waals surface area contributed by atoms with E-state index in [4.69, 9.17) is 4.98 Å². The Labute approximate surface area is 151 Å². The van der Waals surface area contributed by atoms with E-state index < -0.39 is 0 Å². The van der Waals surface area contributed by atoms with Crippen LogP contribution in [0.5, 0.6) is 0 Å². The Bertz CT molecular complexity index is 1210. The molecular formula is C23H17N3. The average Bonchev–Trinajstić information content (AvgIpc) is 3.07. The van der Waals surface area contributed by atoms with Crippen molar-refractivity contribution in [1.29, 1.82) is 0 Å². The standard InChI is InChI=1S/C23H17N3/c1-2-7-19-14-17(11-12-18(19)6-1)16-26-22-10-4-3-9-21(22)25-23(26)20-8-5-13-24-15-20/h1-15H,16H2. The molecule has 0 aliphatic rings. The molecule has 0 unspecified atom stereocenters. The predicted octanol–water partition coefficient (Wildman–Crippen LogP) is 5.30. The molecule has 124 valence electrons. The van der Waals surface area contributed by atoms with E-state index in [1.807, 2.05) is 18.3 Å². The van der Waals surface area contributed by atoms with Crippen molar-refractivity contribution in [3.63, 3.8) is 0 Å². The molecule has 3 heteroatoms. The van der Waals surface area contributed by atoms with Gasteiger partial charge in [0, 0.05) is 24.5 Å². The molecule has 0 saturated heterocycles. The minimum Gasteiger partial charge on any atom is -0.319 e. The fourth-order valence-electron chi connectivity index (χ4n) is 3.47. The molecule has 26 heavy (non-hydrogen) atoms. The summed E-state index contributed by atoms with van der Waals surface area (Å²) in [7, 11) is 0. The van der Waals surface area contributed by atoms with E-state index in [9.17, 15) is 0 Å². The fraction of sp³-hybridized carbons (Fsp3) is 0.0435. The molecule has 3 nitrogen and oxygen atoms in total. The predicted molar refractivity (Wildman–Crippen MR) is 106 cm³/mol. The monoisotopic (exact) mass is 335 g/mol. The topological polar surface area (TPSA) is 30.7 Å². The first-order valence-electron chi connectivity index (χ1n) is 8.72. The molecule has 0 atom stereocenters. The Balaban J connectivity index is 1.67. The second-order valence-electron chi connectivity index (χ2n) is 6.43. The van der Waals surface area contributed by atoms with Crippen molar-refractivity contribution in [2.75, 3.05) is 0 Å². The first-order chi connectivity index (χ1) is 12.9. The van der Waals surface area contributed by atoms with E-state index >= 15 is 0 Å². The van der Waals surface area contributed by atoms with Crippen molar-refractivity contribution >= 4 is 21.8 Å². The van der Waals surface area contributed by atoms with E-state index in [1.54, 1.807) is 6.20 Å². The first kappa shape index (κ1) is 14.8. The minimum absolute atomic E-state index is 0.773. The number of pyridine rings is 1. The van der Waals surface area contributed by atoms with Gasteiger partial charge in [-0.2, -0.15) is 0 Å². The van der Waals surface area contributed by atoms with Crippen LogP contribution in [0.3, 0.4) is 0 Å². The molecule has 0 aliphatic heterocycles. The quantitative estimate of drug-likeness (QED) is 0.448. The third kappa shape index (κ3) is 2.54. The van der Waals surface area contributed by atoms with Crippen LogP contribution in [0.1, 0.15) is 5.56 Å². The summed E-state index contributed by atoms with van der Waals surface area (Å²) in [4.78, 5) is 9.13. The Morgan fingerprint density at radius 1 is 0.769 bits per heavy atom. The number of rotatable bonds is 3. The van der Waals surface area contributed by atoms with Gasteiger partial charge in [-0.3, -0.25) is 4.98 Å². The first-order valence-corrected chi connectivity index (χ1v) is 8.72.